The van der Waals surface area contributed by atoms with Gasteiger partial charge in [0.25, 0.3) is 5.91 Å². The van der Waals surface area contributed by atoms with Crippen molar-refractivity contribution < 1.29 is 14.3 Å². The number of rotatable bonds is 2. The number of hydrogen-bond donors (Lipinski definition) is 0. The number of nitrogens with zero attached hydrogens (tertiary/aromatic N) is 1. The molecular formula is C18H21NO3. The third kappa shape index (κ3) is 2.43. The fourth-order valence-electron chi connectivity index (χ4n) is 3.73. The molecule has 2 aliphatic rings. The molecule has 0 bridgehead atoms. The number of carbonyl (C=O) groups is 2. The summed E-state index contributed by atoms with van der Waals surface area (Å²) in [6.07, 6.45) is 6.53. The molecule has 1 atom stereocenters. The monoisotopic (exact) mass is 299 g/mol. The Kier molecular flexibility index (Phi) is 4.01. The number of carbonyl (C=O) groups excluding carboxylic acids is 2. The van der Waals surface area contributed by atoms with Crippen LogP contribution >= 0.6 is 0 Å². The fraction of sp³-hybridized carbons (Fsp3) is 0.444. The average molecular weight is 299 g/mol. The molecule has 1 spiro atoms. The van der Waals surface area contributed by atoms with Crippen molar-refractivity contribution >= 4 is 12.0 Å². The predicted molar refractivity (Wildman–Crippen MR) is 83.5 cm³/mol. The Hall–Kier alpha value is -2.10. The van der Waals surface area contributed by atoms with Gasteiger partial charge in [-0.3, -0.25) is 4.79 Å². The van der Waals surface area contributed by atoms with Crippen molar-refractivity contribution in [3.05, 3.63) is 48.6 Å². The number of amides is 2. The predicted octanol–water partition coefficient (Wildman–Crippen LogP) is 3.78. The minimum atomic E-state index is -0.560. The van der Waals surface area contributed by atoms with Gasteiger partial charge in [0.05, 0.1) is 6.04 Å². The largest absolute Gasteiger partial charge is 0.448 e. The van der Waals surface area contributed by atoms with E-state index in [1.807, 2.05) is 6.07 Å². The van der Waals surface area contributed by atoms with E-state index in [-0.39, 0.29) is 17.4 Å². The Balaban J connectivity index is 1.95. The van der Waals surface area contributed by atoms with Crippen molar-refractivity contribution in [1.29, 1.82) is 0 Å². The van der Waals surface area contributed by atoms with E-state index in [2.05, 4.69) is 6.58 Å². The Labute approximate surface area is 130 Å². The molecule has 2 fully saturated rings. The lowest BCUT2D eigenvalue weighted by Crippen LogP contribution is -2.59. The number of hydrogen-bond acceptors (Lipinski definition) is 3. The van der Waals surface area contributed by atoms with Crippen LogP contribution in [0.25, 0.3) is 0 Å². The molecule has 1 saturated heterocycles. The summed E-state index contributed by atoms with van der Waals surface area (Å²) < 4.78 is 5.38. The van der Waals surface area contributed by atoms with Gasteiger partial charge < -0.3 is 4.74 Å². The van der Waals surface area contributed by atoms with Gasteiger partial charge >= 0.3 is 6.09 Å². The molecular weight excluding hydrogens is 278 g/mol. The summed E-state index contributed by atoms with van der Waals surface area (Å²) in [6.45, 7) is 4.28. The lowest BCUT2D eigenvalue weighted by molar-refractivity contribution is -0.0418. The molecule has 116 valence electrons. The lowest BCUT2D eigenvalue weighted by atomic mass is 9.68. The Bertz CT molecular complexity index is 575. The molecule has 1 heterocycles. The zero-order chi connectivity index (χ0) is 15.6. The number of cyclic esters (lactones) is 1. The second-order valence-corrected chi connectivity index (χ2v) is 6.20. The molecule has 0 aromatic heterocycles. The van der Waals surface area contributed by atoms with Crippen molar-refractivity contribution in [2.75, 3.05) is 6.61 Å². The fourth-order valence-corrected chi connectivity index (χ4v) is 3.73. The first-order valence-corrected chi connectivity index (χ1v) is 7.86. The molecule has 1 aromatic carbocycles. The highest BCUT2D eigenvalue weighted by molar-refractivity contribution is 6.03. The molecule has 2 amide bonds. The summed E-state index contributed by atoms with van der Waals surface area (Å²) in [5.41, 5.74) is 0.331. The summed E-state index contributed by atoms with van der Waals surface area (Å²) in [5.74, 6) is -0.305. The van der Waals surface area contributed by atoms with E-state index in [4.69, 9.17) is 4.74 Å². The third-order valence-electron chi connectivity index (χ3n) is 4.90. The van der Waals surface area contributed by atoms with Gasteiger partial charge in [-0.2, -0.15) is 0 Å². The zero-order valence-corrected chi connectivity index (χ0v) is 12.7. The quantitative estimate of drug-likeness (QED) is 0.781. The molecule has 22 heavy (non-hydrogen) atoms. The van der Waals surface area contributed by atoms with E-state index in [9.17, 15) is 9.59 Å². The van der Waals surface area contributed by atoms with Crippen molar-refractivity contribution in [2.45, 2.75) is 38.1 Å². The third-order valence-corrected chi connectivity index (χ3v) is 4.90. The van der Waals surface area contributed by atoms with Gasteiger partial charge in [-0.25, -0.2) is 9.69 Å². The van der Waals surface area contributed by atoms with Gasteiger partial charge in [0.2, 0.25) is 0 Å². The molecule has 1 unspecified atom stereocenters. The number of ether oxygens (including phenoxy) is 1. The highest BCUT2D eigenvalue weighted by Crippen LogP contribution is 2.44. The first-order chi connectivity index (χ1) is 10.7. The standard InChI is InChI=1S/C18H21NO3/c1-2-15-18(11-7-4-8-12-18)13-22-17(21)19(15)16(20)14-9-5-3-6-10-14/h2-3,5-6,9-10,15H,1,4,7-8,11-13H2. The van der Waals surface area contributed by atoms with E-state index < -0.39 is 6.09 Å². The van der Waals surface area contributed by atoms with Gasteiger partial charge in [-0.05, 0) is 25.0 Å². The van der Waals surface area contributed by atoms with Crippen LogP contribution in [0.4, 0.5) is 4.79 Å². The van der Waals surface area contributed by atoms with E-state index in [1.54, 1.807) is 30.3 Å². The van der Waals surface area contributed by atoms with Gasteiger partial charge in [-0.15, -0.1) is 6.58 Å². The Morgan fingerprint density at radius 3 is 2.55 bits per heavy atom. The molecule has 4 heteroatoms. The van der Waals surface area contributed by atoms with E-state index >= 15 is 0 Å². The minimum absolute atomic E-state index is 0.168. The SMILES string of the molecule is C=CC1N(C(=O)c2ccccc2)C(=O)OCC12CCCCC2. The molecule has 0 radical (unpaired) electrons. The molecule has 1 aliphatic heterocycles. The summed E-state index contributed by atoms with van der Waals surface area (Å²) in [5, 5.41) is 0. The molecule has 1 aromatic rings. The van der Waals surface area contributed by atoms with Crippen LogP contribution in [0.5, 0.6) is 0 Å². The number of imide groups is 1. The van der Waals surface area contributed by atoms with Crippen molar-refractivity contribution in [1.82, 2.24) is 4.90 Å². The molecule has 0 N–H and O–H groups in total. The van der Waals surface area contributed by atoms with Crippen LogP contribution in [-0.2, 0) is 4.74 Å². The van der Waals surface area contributed by atoms with Crippen LogP contribution in [0.3, 0.4) is 0 Å². The average Bonchev–Trinajstić information content (AvgIpc) is 2.58. The van der Waals surface area contributed by atoms with Crippen LogP contribution < -0.4 is 0 Å². The zero-order valence-electron chi connectivity index (χ0n) is 12.7. The van der Waals surface area contributed by atoms with Crippen molar-refractivity contribution in [2.24, 2.45) is 5.41 Å². The van der Waals surface area contributed by atoms with Crippen molar-refractivity contribution in [3.8, 4) is 0 Å². The second-order valence-electron chi connectivity index (χ2n) is 6.20. The summed E-state index contributed by atoms with van der Waals surface area (Å²) in [7, 11) is 0. The molecule has 1 saturated carbocycles. The highest BCUT2D eigenvalue weighted by Gasteiger charge is 2.50. The normalized spacial score (nSPS) is 23.9. The molecule has 1 aliphatic carbocycles. The first kappa shape index (κ1) is 14.8. The maximum absolute atomic E-state index is 12.8. The van der Waals surface area contributed by atoms with E-state index in [0.717, 1.165) is 25.7 Å². The summed E-state index contributed by atoms with van der Waals surface area (Å²) in [4.78, 5) is 26.3. The maximum atomic E-state index is 12.8. The first-order valence-electron chi connectivity index (χ1n) is 7.86. The minimum Gasteiger partial charge on any atom is -0.448 e. The van der Waals surface area contributed by atoms with Gasteiger partial charge in [0.15, 0.2) is 0 Å². The Morgan fingerprint density at radius 1 is 1.23 bits per heavy atom. The molecule has 4 nitrogen and oxygen atoms in total. The second kappa shape index (κ2) is 5.95. The topological polar surface area (TPSA) is 46.6 Å². The number of benzene rings is 1. The van der Waals surface area contributed by atoms with Crippen LogP contribution in [-0.4, -0.2) is 29.5 Å². The van der Waals surface area contributed by atoms with Gasteiger partial charge in [-0.1, -0.05) is 43.5 Å². The van der Waals surface area contributed by atoms with E-state index in [1.165, 1.54) is 11.3 Å². The van der Waals surface area contributed by atoms with Gasteiger partial charge in [0.1, 0.15) is 6.61 Å². The smallest absolute Gasteiger partial charge is 0.417 e. The van der Waals surface area contributed by atoms with Crippen LogP contribution in [0.1, 0.15) is 42.5 Å². The highest BCUT2D eigenvalue weighted by atomic mass is 16.6. The summed E-state index contributed by atoms with van der Waals surface area (Å²) in [6, 6.07) is 8.58. The van der Waals surface area contributed by atoms with Crippen LogP contribution in [0, 0.1) is 5.41 Å². The van der Waals surface area contributed by atoms with E-state index in [0.29, 0.717) is 12.2 Å². The molecule has 3 rings (SSSR count). The Morgan fingerprint density at radius 2 is 1.91 bits per heavy atom. The van der Waals surface area contributed by atoms with Crippen LogP contribution in [0.2, 0.25) is 0 Å². The van der Waals surface area contributed by atoms with Crippen LogP contribution in [0.15, 0.2) is 43.0 Å². The maximum Gasteiger partial charge on any atom is 0.417 e. The van der Waals surface area contributed by atoms with Crippen molar-refractivity contribution in [3.63, 3.8) is 0 Å². The summed E-state index contributed by atoms with van der Waals surface area (Å²) >= 11 is 0. The van der Waals surface area contributed by atoms with Gasteiger partial charge in [0, 0.05) is 11.0 Å². The lowest BCUT2D eigenvalue weighted by Gasteiger charge is -2.48.